The highest BCUT2D eigenvalue weighted by atomic mass is 15.2. The van der Waals surface area contributed by atoms with E-state index in [1.54, 1.807) is 0 Å². The fourth-order valence-electron chi connectivity index (χ4n) is 4.14. The van der Waals surface area contributed by atoms with Crippen LogP contribution in [0.4, 0.5) is 0 Å². The summed E-state index contributed by atoms with van der Waals surface area (Å²) in [6.07, 6.45) is 4.09. The molecule has 0 amide bonds. The van der Waals surface area contributed by atoms with Crippen molar-refractivity contribution < 1.29 is 4.57 Å². The van der Waals surface area contributed by atoms with Crippen LogP contribution in [0.3, 0.4) is 0 Å². The molecule has 6 rings (SSSR count). The van der Waals surface area contributed by atoms with Gasteiger partial charge in [-0.3, -0.25) is 0 Å². The summed E-state index contributed by atoms with van der Waals surface area (Å²) in [5.41, 5.74) is 7.30. The van der Waals surface area contributed by atoms with Crippen molar-refractivity contribution in [1.29, 1.82) is 0 Å². The molecule has 1 atom stereocenters. The minimum atomic E-state index is 0.0546. The third-order valence-corrected chi connectivity index (χ3v) is 5.00. The lowest BCUT2D eigenvalue weighted by Gasteiger charge is -2.03. The molecule has 0 fully saturated rings. The van der Waals surface area contributed by atoms with Crippen molar-refractivity contribution in [2.45, 2.75) is 6.17 Å². The van der Waals surface area contributed by atoms with Gasteiger partial charge in [-0.1, -0.05) is 30.8 Å². The summed E-state index contributed by atoms with van der Waals surface area (Å²) in [5.74, 6) is 0. The van der Waals surface area contributed by atoms with Gasteiger partial charge < -0.3 is 0 Å². The fourth-order valence-corrected chi connectivity index (χ4v) is 4.14. The Bertz CT molecular complexity index is 1190. The minimum absolute atomic E-state index is 0.0546. The van der Waals surface area contributed by atoms with Gasteiger partial charge in [0.1, 0.15) is 0 Å². The van der Waals surface area contributed by atoms with Crippen LogP contribution in [0, 0.1) is 0 Å². The van der Waals surface area contributed by atoms with E-state index in [9.17, 15) is 0 Å². The SMILES string of the molecule is C=CC1=NC2c3c1ccc1ccn4c5ccccc5[n+]2c4c31. The van der Waals surface area contributed by atoms with E-state index < -0.39 is 0 Å². The Morgan fingerprint density at radius 3 is 2.95 bits per heavy atom. The van der Waals surface area contributed by atoms with Gasteiger partial charge >= 0.3 is 0 Å². The molecule has 2 aliphatic rings. The third-order valence-electron chi connectivity index (χ3n) is 5.00. The van der Waals surface area contributed by atoms with Crippen molar-refractivity contribution in [2.75, 3.05) is 0 Å². The summed E-state index contributed by atoms with van der Waals surface area (Å²) in [6.45, 7) is 3.93. The Morgan fingerprint density at radius 2 is 2.05 bits per heavy atom. The zero-order valence-corrected chi connectivity index (χ0v) is 11.8. The molecule has 0 saturated heterocycles. The zero-order chi connectivity index (χ0) is 14.4. The van der Waals surface area contributed by atoms with Crippen LogP contribution in [0.2, 0.25) is 0 Å². The molecule has 0 saturated carbocycles. The van der Waals surface area contributed by atoms with E-state index in [-0.39, 0.29) is 6.17 Å². The van der Waals surface area contributed by atoms with Gasteiger partial charge in [-0.15, -0.1) is 0 Å². The first kappa shape index (κ1) is 10.7. The van der Waals surface area contributed by atoms with E-state index in [2.05, 4.69) is 64.2 Å². The molecule has 0 spiro atoms. The largest absolute Gasteiger partial charge is 0.297 e. The topological polar surface area (TPSA) is 20.6 Å². The van der Waals surface area contributed by atoms with Crippen molar-refractivity contribution in [3.63, 3.8) is 0 Å². The summed E-state index contributed by atoms with van der Waals surface area (Å²) in [5, 5.41) is 2.62. The lowest BCUT2D eigenvalue weighted by atomic mass is 9.99. The lowest BCUT2D eigenvalue weighted by Crippen LogP contribution is -2.34. The molecule has 0 N–H and O–H groups in total. The fraction of sp³-hybridized carbons (Fsp3) is 0.0526. The Balaban J connectivity index is 1.98. The predicted molar refractivity (Wildman–Crippen MR) is 87.5 cm³/mol. The molecule has 2 aliphatic heterocycles. The molecule has 0 aliphatic carbocycles. The second-order valence-electron chi connectivity index (χ2n) is 5.95. The van der Waals surface area contributed by atoms with Crippen molar-refractivity contribution >= 4 is 33.2 Å². The average Bonchev–Trinajstić information content (AvgIpc) is 3.19. The number of hydrogen-bond acceptors (Lipinski definition) is 1. The maximum absolute atomic E-state index is 4.94. The molecular formula is C19H12N3+. The number of aromatic nitrogens is 2. The number of hydrogen-bond donors (Lipinski definition) is 0. The Morgan fingerprint density at radius 1 is 1.14 bits per heavy atom. The number of benzene rings is 2. The van der Waals surface area contributed by atoms with E-state index in [4.69, 9.17) is 4.99 Å². The first-order valence-electron chi connectivity index (χ1n) is 7.49. The number of para-hydroxylation sites is 2. The first-order chi connectivity index (χ1) is 10.9. The van der Waals surface area contributed by atoms with Crippen LogP contribution < -0.4 is 4.57 Å². The Labute approximate surface area is 126 Å². The monoisotopic (exact) mass is 282 g/mol. The molecule has 102 valence electrons. The van der Waals surface area contributed by atoms with E-state index in [0.717, 1.165) is 5.71 Å². The summed E-state index contributed by atoms with van der Waals surface area (Å²) in [7, 11) is 0. The first-order valence-corrected chi connectivity index (χ1v) is 7.49. The molecule has 3 heteroatoms. The van der Waals surface area contributed by atoms with Crippen molar-refractivity contribution in [3.8, 4) is 0 Å². The number of fused-ring (bicyclic) bond motifs is 4. The Hall–Kier alpha value is -2.94. The van der Waals surface area contributed by atoms with Crippen LogP contribution in [0.25, 0.3) is 27.5 Å². The summed E-state index contributed by atoms with van der Waals surface area (Å²) in [6, 6.07) is 15.1. The predicted octanol–water partition coefficient (Wildman–Crippen LogP) is 3.38. The average molecular weight is 282 g/mol. The maximum atomic E-state index is 4.94. The standard InChI is InChI=1S/C19H12N3/c1-2-13-12-8-7-11-9-10-21-14-5-3-4-6-15(14)22-18(20-13)17(12)16(11)19(21)22/h2-10,18H,1H2/q+1. The van der Waals surface area contributed by atoms with E-state index >= 15 is 0 Å². The van der Waals surface area contributed by atoms with Gasteiger partial charge in [-0.25, -0.2) is 4.99 Å². The molecule has 0 bridgehead atoms. The smallest absolute Gasteiger partial charge is 0.234 e. The van der Waals surface area contributed by atoms with E-state index in [1.807, 2.05) is 6.08 Å². The molecule has 1 unspecified atom stereocenters. The lowest BCUT2D eigenvalue weighted by molar-refractivity contribution is -0.657. The van der Waals surface area contributed by atoms with Crippen LogP contribution >= 0.6 is 0 Å². The molecular weight excluding hydrogens is 270 g/mol. The van der Waals surface area contributed by atoms with E-state index in [1.165, 1.54) is 38.6 Å². The maximum Gasteiger partial charge on any atom is 0.297 e. The van der Waals surface area contributed by atoms with Gasteiger partial charge in [-0.2, -0.15) is 8.97 Å². The van der Waals surface area contributed by atoms with Crippen LogP contribution in [0.15, 0.2) is 66.3 Å². The number of imidazole rings is 1. The van der Waals surface area contributed by atoms with Gasteiger partial charge in [-0.05, 0) is 29.7 Å². The number of rotatable bonds is 1. The molecule has 3 nitrogen and oxygen atoms in total. The van der Waals surface area contributed by atoms with Crippen LogP contribution in [-0.4, -0.2) is 10.1 Å². The highest BCUT2D eigenvalue weighted by Gasteiger charge is 2.41. The number of pyridine rings is 1. The minimum Gasteiger partial charge on any atom is -0.234 e. The second kappa shape index (κ2) is 3.28. The van der Waals surface area contributed by atoms with Crippen molar-refractivity contribution in [2.24, 2.45) is 4.99 Å². The van der Waals surface area contributed by atoms with Crippen molar-refractivity contribution in [3.05, 3.63) is 72.4 Å². The summed E-state index contributed by atoms with van der Waals surface area (Å²) in [4.78, 5) is 4.94. The van der Waals surface area contributed by atoms with Crippen LogP contribution in [0.1, 0.15) is 17.3 Å². The highest BCUT2D eigenvalue weighted by Crippen LogP contribution is 2.42. The molecule has 4 aromatic rings. The van der Waals surface area contributed by atoms with Crippen LogP contribution in [-0.2, 0) is 0 Å². The molecule has 22 heavy (non-hydrogen) atoms. The zero-order valence-electron chi connectivity index (χ0n) is 11.8. The van der Waals surface area contributed by atoms with Gasteiger partial charge in [0.25, 0.3) is 5.65 Å². The molecule has 0 radical (unpaired) electrons. The molecule has 4 heterocycles. The highest BCUT2D eigenvalue weighted by molar-refractivity contribution is 6.16. The molecule has 2 aromatic carbocycles. The second-order valence-corrected chi connectivity index (χ2v) is 5.95. The third kappa shape index (κ3) is 0.950. The van der Waals surface area contributed by atoms with Gasteiger partial charge in [0, 0.05) is 11.1 Å². The van der Waals surface area contributed by atoms with Crippen LogP contribution in [0.5, 0.6) is 0 Å². The van der Waals surface area contributed by atoms with Crippen molar-refractivity contribution in [1.82, 2.24) is 4.40 Å². The van der Waals surface area contributed by atoms with Gasteiger partial charge in [0.2, 0.25) is 6.17 Å². The quantitative estimate of drug-likeness (QED) is 0.477. The summed E-state index contributed by atoms with van der Waals surface area (Å²) >= 11 is 0. The number of allylic oxidation sites excluding steroid dienone is 1. The Kier molecular flexibility index (Phi) is 1.60. The van der Waals surface area contributed by atoms with Gasteiger partial charge in [0.15, 0.2) is 11.0 Å². The van der Waals surface area contributed by atoms with Gasteiger partial charge in [0.05, 0.1) is 17.3 Å². The normalized spacial score (nSPS) is 18.0. The number of aliphatic imine (C=N–C) groups is 1. The van der Waals surface area contributed by atoms with E-state index in [0.29, 0.717) is 0 Å². The molecule has 2 aromatic heterocycles. The summed E-state index contributed by atoms with van der Waals surface area (Å²) < 4.78 is 4.66. The number of nitrogens with zero attached hydrogens (tertiary/aromatic N) is 3.